The molecule has 3 aromatic heterocycles. The SMILES string of the molecule is CC1CCC(CNc2ncc(S(=O)(=O)NC(=O)c3ccc(N4CCC5(CC4)CC(N4CCOC[C@@]4(C)c4ccccc4C(C)C)C5)cc3Oc3cnc4[nH]ccc4c3)cc2[N+](=O)[O-])CC1. The fourth-order valence-corrected chi connectivity index (χ4v) is 11.8. The molecule has 0 unspecified atom stereocenters. The number of anilines is 2. The van der Waals surface area contributed by atoms with Gasteiger partial charge in [0.2, 0.25) is 5.82 Å². The Morgan fingerprint density at radius 3 is 2.54 bits per heavy atom. The molecule has 2 saturated heterocycles. The smallest absolute Gasteiger partial charge is 0.312 e. The van der Waals surface area contributed by atoms with Gasteiger partial charge in [0.05, 0.1) is 41.6 Å². The molecule has 1 spiro atoms. The molecule has 1 amide bonds. The number of ether oxygens (including phenoxy) is 2. The van der Waals surface area contributed by atoms with Gasteiger partial charge in [0.25, 0.3) is 15.9 Å². The van der Waals surface area contributed by atoms with Crippen LogP contribution in [0.3, 0.4) is 0 Å². The van der Waals surface area contributed by atoms with E-state index in [0.717, 1.165) is 101 Å². The predicted octanol–water partition coefficient (Wildman–Crippen LogP) is 9.14. The number of piperidine rings is 1. The molecule has 344 valence electrons. The van der Waals surface area contributed by atoms with Crippen LogP contribution in [-0.4, -0.2) is 84.5 Å². The van der Waals surface area contributed by atoms with E-state index in [-0.39, 0.29) is 28.1 Å². The lowest BCUT2D eigenvalue weighted by molar-refractivity contribution is -0.384. The van der Waals surface area contributed by atoms with Crippen LogP contribution in [0, 0.1) is 27.4 Å². The predicted molar refractivity (Wildman–Crippen MR) is 250 cm³/mol. The van der Waals surface area contributed by atoms with Gasteiger partial charge in [-0.15, -0.1) is 0 Å². The minimum absolute atomic E-state index is 0.0118. The summed E-state index contributed by atoms with van der Waals surface area (Å²) < 4.78 is 42.1. The summed E-state index contributed by atoms with van der Waals surface area (Å²) in [5, 5.41) is 16.0. The highest BCUT2D eigenvalue weighted by atomic mass is 32.2. The van der Waals surface area contributed by atoms with Crippen molar-refractivity contribution in [2.45, 2.75) is 101 Å². The lowest BCUT2D eigenvalue weighted by Gasteiger charge is -2.60. The highest BCUT2D eigenvalue weighted by Crippen LogP contribution is 2.54. The third-order valence-electron chi connectivity index (χ3n) is 14.7. The van der Waals surface area contributed by atoms with Gasteiger partial charge >= 0.3 is 5.69 Å². The molecule has 5 heterocycles. The number of aromatic nitrogens is 3. The maximum atomic E-state index is 14.0. The Morgan fingerprint density at radius 1 is 1.02 bits per heavy atom. The second kappa shape index (κ2) is 18.0. The number of hydrogen-bond acceptors (Lipinski definition) is 12. The minimum Gasteiger partial charge on any atom is -0.455 e. The lowest BCUT2D eigenvalue weighted by atomic mass is 9.59. The quantitative estimate of drug-likeness (QED) is 0.0753. The minimum atomic E-state index is -4.60. The van der Waals surface area contributed by atoms with E-state index in [1.807, 2.05) is 12.1 Å². The number of carbonyl (C=O) groups excluding carboxylic acids is 1. The van der Waals surface area contributed by atoms with Crippen LogP contribution in [0.1, 0.15) is 106 Å². The molecule has 2 aliphatic carbocycles. The van der Waals surface area contributed by atoms with E-state index < -0.39 is 31.4 Å². The molecule has 2 aliphatic heterocycles. The third kappa shape index (κ3) is 9.17. The van der Waals surface area contributed by atoms with Crippen molar-refractivity contribution < 1.29 is 27.6 Å². The number of carbonyl (C=O) groups is 1. The summed E-state index contributed by atoms with van der Waals surface area (Å²) in [7, 11) is -4.60. The Bertz CT molecular complexity index is 2670. The summed E-state index contributed by atoms with van der Waals surface area (Å²) in [4.78, 5) is 41.6. The summed E-state index contributed by atoms with van der Waals surface area (Å²) in [5.41, 5.74) is 3.79. The van der Waals surface area contributed by atoms with Gasteiger partial charge in [0.1, 0.15) is 22.0 Å². The van der Waals surface area contributed by atoms with E-state index in [2.05, 4.69) is 86.8 Å². The molecule has 4 fully saturated rings. The molecule has 2 aromatic carbocycles. The van der Waals surface area contributed by atoms with Crippen molar-refractivity contribution in [1.29, 1.82) is 0 Å². The first-order valence-corrected chi connectivity index (χ1v) is 24.6. The fraction of sp³-hybridized carbons (Fsp3) is 0.490. The summed E-state index contributed by atoms with van der Waals surface area (Å²) in [5.74, 6) is 0.959. The molecule has 2 saturated carbocycles. The number of morpholine rings is 1. The van der Waals surface area contributed by atoms with Crippen molar-refractivity contribution in [3.63, 3.8) is 0 Å². The number of aromatic amines is 1. The standard InChI is InChI=1S/C49H60N8O7S/c1-32(2)40-7-5-6-8-42(40)48(4)31-63-22-21-56(48)37-26-49(27-37)16-19-55(20-17-49)36-13-14-41(44(24-36)64-38-23-35-15-18-50-45(35)52-29-38)47(58)54-65(61,62)39-25-43(57(59)60)46(53-30-39)51-28-34-11-9-33(3)10-12-34/h5-8,13-15,18,23-25,29-30,32-34,37H,9-12,16-17,19-22,26-28,31H2,1-4H3,(H,50,52)(H,51,53)(H,54,58)/t33?,34?,48-/m0/s1. The molecule has 9 rings (SSSR count). The summed E-state index contributed by atoms with van der Waals surface area (Å²) >= 11 is 0. The van der Waals surface area contributed by atoms with Crippen LogP contribution >= 0.6 is 0 Å². The molecule has 5 aromatic rings. The monoisotopic (exact) mass is 904 g/mol. The van der Waals surface area contributed by atoms with Gasteiger partial charge < -0.3 is 24.7 Å². The number of pyridine rings is 2. The number of nitro groups is 1. The van der Waals surface area contributed by atoms with E-state index in [1.165, 1.54) is 17.3 Å². The first-order chi connectivity index (χ1) is 31.2. The first-order valence-electron chi connectivity index (χ1n) is 23.1. The highest BCUT2D eigenvalue weighted by Gasteiger charge is 2.52. The number of rotatable bonds is 13. The van der Waals surface area contributed by atoms with Crippen molar-refractivity contribution in [1.82, 2.24) is 24.6 Å². The zero-order valence-corrected chi connectivity index (χ0v) is 38.5. The zero-order valence-electron chi connectivity index (χ0n) is 37.7. The number of nitrogens with one attached hydrogen (secondary N) is 3. The van der Waals surface area contributed by atoms with Crippen molar-refractivity contribution in [2.75, 3.05) is 49.6 Å². The summed E-state index contributed by atoms with van der Waals surface area (Å²) in [6.07, 6.45) is 12.9. The Morgan fingerprint density at radius 2 is 1.78 bits per heavy atom. The lowest BCUT2D eigenvalue weighted by Crippen LogP contribution is -2.63. The van der Waals surface area contributed by atoms with Crippen LogP contribution in [0.15, 0.2) is 84.1 Å². The maximum absolute atomic E-state index is 14.0. The normalized spacial score (nSPS) is 22.8. The summed E-state index contributed by atoms with van der Waals surface area (Å²) in [6, 6.07) is 19.0. The molecule has 65 heavy (non-hydrogen) atoms. The largest absolute Gasteiger partial charge is 0.455 e. The zero-order chi connectivity index (χ0) is 45.5. The van der Waals surface area contributed by atoms with E-state index in [0.29, 0.717) is 48.3 Å². The molecule has 15 nitrogen and oxygen atoms in total. The van der Waals surface area contributed by atoms with Gasteiger partial charge in [0.15, 0.2) is 0 Å². The summed E-state index contributed by atoms with van der Waals surface area (Å²) in [6.45, 7) is 13.5. The molecule has 0 bridgehead atoms. The van der Waals surface area contributed by atoms with Crippen LogP contribution in [0.2, 0.25) is 0 Å². The Hall–Kier alpha value is -5.58. The molecular weight excluding hydrogens is 845 g/mol. The maximum Gasteiger partial charge on any atom is 0.312 e. The number of H-pyrrole nitrogens is 1. The van der Waals surface area contributed by atoms with Gasteiger partial charge in [-0.05, 0) is 104 Å². The van der Waals surface area contributed by atoms with Crippen LogP contribution in [-0.2, 0) is 20.3 Å². The number of benzene rings is 2. The number of amides is 1. The van der Waals surface area contributed by atoms with E-state index in [4.69, 9.17) is 9.47 Å². The Kier molecular flexibility index (Phi) is 12.4. The van der Waals surface area contributed by atoms with Gasteiger partial charge in [-0.25, -0.2) is 23.1 Å². The number of sulfonamides is 1. The van der Waals surface area contributed by atoms with Gasteiger partial charge in [-0.2, -0.15) is 0 Å². The Labute approximate surface area is 380 Å². The molecular formula is C49H60N8O7S. The van der Waals surface area contributed by atoms with Crippen LogP contribution < -0.4 is 19.7 Å². The van der Waals surface area contributed by atoms with Crippen LogP contribution in [0.4, 0.5) is 17.2 Å². The first kappa shape index (κ1) is 44.6. The average Bonchev–Trinajstić information content (AvgIpc) is 3.76. The average molecular weight is 905 g/mol. The molecule has 16 heteroatoms. The second-order valence-corrected chi connectivity index (χ2v) is 21.1. The van der Waals surface area contributed by atoms with Gasteiger partial charge in [-0.1, -0.05) is 57.9 Å². The molecule has 3 N–H and O–H groups in total. The number of nitrogens with zero attached hydrogens (tertiary/aromatic N) is 5. The molecule has 1 atom stereocenters. The molecule has 0 radical (unpaired) electrons. The Balaban J connectivity index is 0.907. The van der Waals surface area contributed by atoms with Crippen molar-refractivity contribution in [2.24, 2.45) is 17.3 Å². The van der Waals surface area contributed by atoms with E-state index >= 15 is 0 Å². The fourth-order valence-electron chi connectivity index (χ4n) is 10.8. The molecule has 4 aliphatic rings. The van der Waals surface area contributed by atoms with Gasteiger partial charge in [0, 0.05) is 61.6 Å². The topological polar surface area (TPSA) is 185 Å². The van der Waals surface area contributed by atoms with Crippen LogP contribution in [0.25, 0.3) is 11.0 Å². The number of fused-ring (bicyclic) bond motifs is 1. The van der Waals surface area contributed by atoms with E-state index in [1.54, 1.807) is 24.4 Å². The van der Waals surface area contributed by atoms with E-state index in [9.17, 15) is 23.3 Å². The van der Waals surface area contributed by atoms with Crippen LogP contribution in [0.5, 0.6) is 11.5 Å². The third-order valence-corrected chi connectivity index (χ3v) is 16.0. The van der Waals surface area contributed by atoms with Crippen molar-refractivity contribution in [3.05, 3.63) is 106 Å². The number of hydrogen-bond donors (Lipinski definition) is 3. The van der Waals surface area contributed by atoms with Crippen molar-refractivity contribution in [3.8, 4) is 11.5 Å². The van der Waals surface area contributed by atoms with Gasteiger partial charge in [-0.3, -0.25) is 19.8 Å². The highest BCUT2D eigenvalue weighted by molar-refractivity contribution is 7.90. The second-order valence-electron chi connectivity index (χ2n) is 19.4. The van der Waals surface area contributed by atoms with Crippen molar-refractivity contribution >= 4 is 44.2 Å².